The van der Waals surface area contributed by atoms with Crippen molar-refractivity contribution in [3.05, 3.63) is 18.3 Å². The highest BCUT2D eigenvalue weighted by Crippen LogP contribution is 2.27. The number of rotatable bonds is 5. The third-order valence-electron chi connectivity index (χ3n) is 4.99. The molecule has 2 aliphatic heterocycles. The molecule has 0 saturated carbocycles. The maximum atomic E-state index is 12.9. The molecule has 4 heterocycles. The lowest BCUT2D eigenvalue weighted by atomic mass is 10.3. The molecule has 2 aromatic heterocycles. The maximum Gasteiger partial charge on any atom is 0.254 e. The molecular formula is C17H23N7O3S2. The van der Waals surface area contributed by atoms with E-state index < -0.39 is 10.0 Å². The summed E-state index contributed by atoms with van der Waals surface area (Å²) < 4.78 is 27.3. The van der Waals surface area contributed by atoms with E-state index in [0.29, 0.717) is 26.2 Å². The molecular weight excluding hydrogens is 414 g/mol. The number of thiazole rings is 1. The Balaban J connectivity index is 1.38. The average molecular weight is 438 g/mol. The van der Waals surface area contributed by atoms with E-state index in [2.05, 4.69) is 25.4 Å². The predicted octanol–water partition coefficient (Wildman–Crippen LogP) is 1.00. The minimum Gasteiger partial charge on any atom is -0.355 e. The van der Waals surface area contributed by atoms with Crippen LogP contribution in [0.15, 0.2) is 22.5 Å². The van der Waals surface area contributed by atoms with Crippen molar-refractivity contribution in [2.24, 2.45) is 0 Å². The highest BCUT2D eigenvalue weighted by molar-refractivity contribution is 7.91. The zero-order valence-electron chi connectivity index (χ0n) is 16.1. The molecule has 0 radical (unpaired) electrons. The Morgan fingerprint density at radius 1 is 1.00 bits per heavy atom. The smallest absolute Gasteiger partial charge is 0.254 e. The fourth-order valence-electron chi connectivity index (χ4n) is 3.47. The summed E-state index contributed by atoms with van der Waals surface area (Å²) in [4.78, 5) is 19.4. The van der Waals surface area contributed by atoms with E-state index in [1.165, 1.54) is 30.3 Å². The van der Waals surface area contributed by atoms with E-state index in [1.807, 2.05) is 17.0 Å². The quantitative estimate of drug-likeness (QED) is 0.737. The van der Waals surface area contributed by atoms with Crippen molar-refractivity contribution >= 4 is 44.0 Å². The monoisotopic (exact) mass is 437 g/mol. The predicted molar refractivity (Wildman–Crippen MR) is 111 cm³/mol. The highest BCUT2D eigenvalue weighted by atomic mass is 32.2. The normalized spacial score (nSPS) is 18.2. The number of carbonyl (C=O) groups is 1. The van der Waals surface area contributed by atoms with Gasteiger partial charge in [-0.05, 0) is 25.0 Å². The van der Waals surface area contributed by atoms with Gasteiger partial charge in [-0.2, -0.15) is 4.31 Å². The van der Waals surface area contributed by atoms with Gasteiger partial charge in [-0.25, -0.2) is 13.4 Å². The Morgan fingerprint density at radius 3 is 2.14 bits per heavy atom. The van der Waals surface area contributed by atoms with E-state index >= 15 is 0 Å². The van der Waals surface area contributed by atoms with Crippen LogP contribution in [0, 0.1) is 0 Å². The number of hydrogen-bond donors (Lipinski definition) is 1. The lowest BCUT2D eigenvalue weighted by Crippen LogP contribution is -2.48. The zero-order chi connectivity index (χ0) is 20.4. The summed E-state index contributed by atoms with van der Waals surface area (Å²) in [6.45, 7) is 5.17. The van der Waals surface area contributed by atoms with Crippen LogP contribution in [0.1, 0.15) is 19.8 Å². The van der Waals surface area contributed by atoms with Gasteiger partial charge in [0.25, 0.3) is 10.0 Å². The van der Waals surface area contributed by atoms with Crippen LogP contribution in [0.25, 0.3) is 0 Å². The summed E-state index contributed by atoms with van der Waals surface area (Å²) in [5.74, 6) is 1.37. The summed E-state index contributed by atoms with van der Waals surface area (Å²) in [6, 6.07) is 3.94. The lowest BCUT2D eigenvalue weighted by Gasteiger charge is -2.34. The van der Waals surface area contributed by atoms with Gasteiger partial charge in [-0.3, -0.25) is 4.79 Å². The molecule has 0 spiro atoms. The second kappa shape index (κ2) is 8.20. The number of carbonyl (C=O) groups excluding carboxylic acids is 1. The molecule has 1 amide bonds. The van der Waals surface area contributed by atoms with E-state index in [-0.39, 0.29) is 15.2 Å². The minimum absolute atomic E-state index is 0.129. The molecule has 2 fully saturated rings. The van der Waals surface area contributed by atoms with Crippen LogP contribution in [0.5, 0.6) is 0 Å². The van der Waals surface area contributed by atoms with Crippen molar-refractivity contribution in [1.29, 1.82) is 0 Å². The molecule has 2 aliphatic rings. The largest absolute Gasteiger partial charge is 0.355 e. The van der Waals surface area contributed by atoms with Crippen molar-refractivity contribution in [1.82, 2.24) is 19.5 Å². The first-order valence-corrected chi connectivity index (χ1v) is 11.8. The van der Waals surface area contributed by atoms with Gasteiger partial charge < -0.3 is 15.1 Å². The number of aromatic nitrogens is 3. The first-order valence-electron chi connectivity index (χ1n) is 9.51. The molecule has 0 aliphatic carbocycles. The van der Waals surface area contributed by atoms with Gasteiger partial charge >= 0.3 is 0 Å². The summed E-state index contributed by atoms with van der Waals surface area (Å²) >= 11 is 0.959. The Kier molecular flexibility index (Phi) is 5.65. The maximum absolute atomic E-state index is 12.9. The summed E-state index contributed by atoms with van der Waals surface area (Å²) in [7, 11) is -3.63. The van der Waals surface area contributed by atoms with Gasteiger partial charge in [-0.1, -0.05) is 11.3 Å². The van der Waals surface area contributed by atoms with Crippen LogP contribution < -0.4 is 15.1 Å². The topological polar surface area (TPSA) is 112 Å². The summed E-state index contributed by atoms with van der Waals surface area (Å²) in [5.41, 5.74) is 0. The van der Waals surface area contributed by atoms with Crippen molar-refractivity contribution in [2.75, 3.05) is 54.4 Å². The number of piperazine rings is 1. The average Bonchev–Trinajstić information content (AvgIpc) is 3.40. The van der Waals surface area contributed by atoms with E-state index in [4.69, 9.17) is 0 Å². The van der Waals surface area contributed by atoms with Crippen molar-refractivity contribution in [3.8, 4) is 0 Å². The number of hydrogen-bond acceptors (Lipinski definition) is 9. The molecule has 0 bridgehead atoms. The van der Waals surface area contributed by atoms with Gasteiger partial charge in [0.15, 0.2) is 21.0 Å². The molecule has 2 saturated heterocycles. The van der Waals surface area contributed by atoms with Crippen LogP contribution in [0.2, 0.25) is 0 Å². The third-order valence-corrected chi connectivity index (χ3v) is 8.24. The van der Waals surface area contributed by atoms with Gasteiger partial charge in [0.1, 0.15) is 0 Å². The second-order valence-electron chi connectivity index (χ2n) is 7.00. The van der Waals surface area contributed by atoms with Crippen LogP contribution in [0.3, 0.4) is 0 Å². The van der Waals surface area contributed by atoms with E-state index in [0.717, 1.165) is 36.1 Å². The van der Waals surface area contributed by atoms with Crippen molar-refractivity contribution < 1.29 is 13.2 Å². The van der Waals surface area contributed by atoms with E-state index in [1.54, 1.807) is 0 Å². The Hall–Kier alpha value is -2.31. The molecule has 0 unspecified atom stereocenters. The third kappa shape index (κ3) is 4.33. The second-order valence-corrected chi connectivity index (χ2v) is 10.2. The molecule has 29 heavy (non-hydrogen) atoms. The number of anilines is 3. The standard InChI is InChI=1S/C17H23N7O3S2/c1-13(25)19-17-18-12-16(28-17)29(26,27)24-10-8-23(9-11-24)15-5-4-14(20-21-15)22-6-2-3-7-22/h4-5,12H,2-3,6-11H2,1H3,(H,18,19,25). The highest BCUT2D eigenvalue weighted by Gasteiger charge is 2.31. The van der Waals surface area contributed by atoms with Crippen LogP contribution in [0.4, 0.5) is 16.8 Å². The van der Waals surface area contributed by atoms with Crippen LogP contribution in [-0.2, 0) is 14.8 Å². The molecule has 0 atom stereocenters. The zero-order valence-corrected chi connectivity index (χ0v) is 17.7. The van der Waals surface area contributed by atoms with Crippen LogP contribution >= 0.6 is 11.3 Å². The number of nitrogens with zero attached hydrogens (tertiary/aromatic N) is 6. The molecule has 1 N–H and O–H groups in total. The molecule has 4 rings (SSSR count). The van der Waals surface area contributed by atoms with Gasteiger partial charge in [0, 0.05) is 46.2 Å². The SMILES string of the molecule is CC(=O)Nc1ncc(S(=O)(=O)N2CCN(c3ccc(N4CCCC4)nn3)CC2)s1. The first-order chi connectivity index (χ1) is 13.9. The van der Waals surface area contributed by atoms with Crippen LogP contribution in [-0.4, -0.2) is 73.1 Å². The summed E-state index contributed by atoms with van der Waals surface area (Å²) in [5, 5.41) is 11.5. The minimum atomic E-state index is -3.63. The summed E-state index contributed by atoms with van der Waals surface area (Å²) in [6.07, 6.45) is 3.66. The Morgan fingerprint density at radius 2 is 1.59 bits per heavy atom. The fraction of sp³-hybridized carbons (Fsp3) is 0.529. The molecule has 2 aromatic rings. The molecule has 156 valence electrons. The Labute approximate surface area is 173 Å². The molecule has 12 heteroatoms. The van der Waals surface area contributed by atoms with Crippen molar-refractivity contribution in [3.63, 3.8) is 0 Å². The molecule has 10 nitrogen and oxygen atoms in total. The lowest BCUT2D eigenvalue weighted by molar-refractivity contribution is -0.114. The first kappa shape index (κ1) is 20.0. The molecule has 0 aromatic carbocycles. The van der Waals surface area contributed by atoms with Gasteiger partial charge in [0.05, 0.1) is 6.20 Å². The number of nitrogens with one attached hydrogen (secondary N) is 1. The van der Waals surface area contributed by atoms with Gasteiger partial charge in [-0.15, -0.1) is 10.2 Å². The number of amides is 1. The van der Waals surface area contributed by atoms with E-state index in [9.17, 15) is 13.2 Å². The Bertz CT molecular complexity index is 963. The fourth-order valence-corrected chi connectivity index (χ4v) is 6.13. The van der Waals surface area contributed by atoms with Crippen molar-refractivity contribution in [2.45, 2.75) is 24.0 Å². The van der Waals surface area contributed by atoms with Gasteiger partial charge in [0.2, 0.25) is 5.91 Å². The number of sulfonamides is 1.